The summed E-state index contributed by atoms with van der Waals surface area (Å²) in [5.41, 5.74) is 6.01. The number of halogens is 5. The number of benzene rings is 2. The Morgan fingerprint density at radius 3 is 2.36 bits per heavy atom. The van der Waals surface area contributed by atoms with E-state index >= 15 is 0 Å². The van der Waals surface area contributed by atoms with E-state index in [0.29, 0.717) is 32.3 Å². The third-order valence-corrected chi connectivity index (χ3v) is 6.90. The molecule has 1 aromatic heterocycles. The summed E-state index contributed by atoms with van der Waals surface area (Å²) in [6, 6.07) is 9.47. The molecule has 10 heteroatoms. The van der Waals surface area contributed by atoms with E-state index in [2.05, 4.69) is 10.6 Å². The first-order chi connectivity index (χ1) is 17.1. The Bertz CT molecular complexity index is 1200. The molecule has 0 radical (unpaired) electrons. The zero-order chi connectivity index (χ0) is 25.9. The molecule has 1 aliphatic carbocycles. The van der Waals surface area contributed by atoms with Gasteiger partial charge in [-0.1, -0.05) is 34.8 Å². The van der Waals surface area contributed by atoms with Crippen molar-refractivity contribution < 1.29 is 22.7 Å². The lowest BCUT2D eigenvalue weighted by Crippen LogP contribution is -2.32. The molecular formula is C26H27Cl3F2N2O3. The SMILES string of the molecule is Clc1cc(CCCN2CCCC2)cc(Cl)c1OC1CC1.NC(=O)C(F)(F)c1cc2cc(Cl)ccc2o1. The van der Waals surface area contributed by atoms with Gasteiger partial charge in [0.2, 0.25) is 0 Å². The maximum Gasteiger partial charge on any atom is 0.380 e. The van der Waals surface area contributed by atoms with Crippen molar-refractivity contribution in [3.63, 3.8) is 0 Å². The summed E-state index contributed by atoms with van der Waals surface area (Å²) in [5.74, 6) is -5.68. The van der Waals surface area contributed by atoms with E-state index < -0.39 is 17.6 Å². The smallest absolute Gasteiger partial charge is 0.380 e. The van der Waals surface area contributed by atoms with Gasteiger partial charge in [0.25, 0.3) is 5.91 Å². The molecule has 0 spiro atoms. The number of amides is 1. The Morgan fingerprint density at radius 1 is 1.08 bits per heavy atom. The number of furan rings is 1. The number of rotatable bonds is 8. The fraction of sp³-hybridized carbons (Fsp3) is 0.423. The second kappa shape index (κ2) is 11.5. The van der Waals surface area contributed by atoms with Gasteiger partial charge < -0.3 is 19.8 Å². The van der Waals surface area contributed by atoms with Gasteiger partial charge in [-0.05, 0) is 100 Å². The van der Waals surface area contributed by atoms with Gasteiger partial charge in [0, 0.05) is 10.4 Å². The number of carbonyl (C=O) groups excluding carboxylic acids is 1. The van der Waals surface area contributed by atoms with Crippen molar-refractivity contribution in [1.82, 2.24) is 4.90 Å². The van der Waals surface area contributed by atoms with Crippen LogP contribution in [0.5, 0.6) is 5.75 Å². The molecule has 0 unspecified atom stereocenters. The van der Waals surface area contributed by atoms with Crippen LogP contribution < -0.4 is 10.5 Å². The van der Waals surface area contributed by atoms with Gasteiger partial charge >= 0.3 is 5.92 Å². The highest BCUT2D eigenvalue weighted by Gasteiger charge is 2.42. The van der Waals surface area contributed by atoms with Crippen LogP contribution in [-0.2, 0) is 17.1 Å². The molecule has 1 saturated carbocycles. The number of nitrogens with two attached hydrogens (primary N) is 1. The minimum absolute atomic E-state index is 0.223. The Hall–Kier alpha value is -2.06. The molecule has 0 bridgehead atoms. The van der Waals surface area contributed by atoms with Crippen molar-refractivity contribution in [3.8, 4) is 5.75 Å². The molecule has 2 N–H and O–H groups in total. The van der Waals surface area contributed by atoms with Crippen molar-refractivity contribution in [2.24, 2.45) is 5.73 Å². The van der Waals surface area contributed by atoms with Crippen molar-refractivity contribution in [2.75, 3.05) is 19.6 Å². The Balaban J connectivity index is 0.000000174. The summed E-state index contributed by atoms with van der Waals surface area (Å²) < 4.78 is 37.0. The maximum atomic E-state index is 13.2. The number of likely N-dealkylation sites (tertiary alicyclic amines) is 1. The molecule has 36 heavy (non-hydrogen) atoms. The lowest BCUT2D eigenvalue weighted by atomic mass is 10.1. The molecule has 2 fully saturated rings. The lowest BCUT2D eigenvalue weighted by Gasteiger charge is -2.15. The molecule has 2 aromatic carbocycles. The first-order valence-electron chi connectivity index (χ1n) is 11.9. The molecule has 0 atom stereocenters. The number of ether oxygens (including phenoxy) is 1. The van der Waals surface area contributed by atoms with E-state index in [-0.39, 0.29) is 5.58 Å². The standard InChI is InChI=1S/C16H21Cl2NO.C10H6ClF2NO2/c17-14-10-12(4-3-9-19-7-1-2-8-19)11-15(18)16(14)20-13-5-6-13;11-6-1-2-7-5(3-6)4-8(16-7)10(12,13)9(14)15/h10-11,13H,1-9H2;1-4H,(H2,14,15). The lowest BCUT2D eigenvalue weighted by molar-refractivity contribution is -0.145. The topological polar surface area (TPSA) is 68.7 Å². The van der Waals surface area contributed by atoms with Gasteiger partial charge in [-0.25, -0.2) is 0 Å². The van der Waals surface area contributed by atoms with E-state index in [4.69, 9.17) is 44.0 Å². The number of aryl methyl sites for hydroxylation is 1. The molecular weight excluding hydrogens is 533 g/mol. The van der Waals surface area contributed by atoms with E-state index in [9.17, 15) is 13.6 Å². The van der Waals surface area contributed by atoms with Gasteiger partial charge in [-0.15, -0.1) is 0 Å². The van der Waals surface area contributed by atoms with Crippen LogP contribution in [0, 0.1) is 0 Å². The van der Waals surface area contributed by atoms with Crippen LogP contribution in [0.4, 0.5) is 8.78 Å². The molecule has 5 rings (SSSR count). The normalized spacial score (nSPS) is 16.1. The molecule has 1 amide bonds. The number of nitrogens with zero attached hydrogens (tertiary/aromatic N) is 1. The Morgan fingerprint density at radius 2 is 1.75 bits per heavy atom. The average Bonchev–Trinajstić information content (AvgIpc) is 3.29. The second-order valence-corrected chi connectivity index (χ2v) is 10.3. The van der Waals surface area contributed by atoms with Crippen LogP contribution >= 0.6 is 34.8 Å². The summed E-state index contributed by atoms with van der Waals surface area (Å²) in [5, 5.41) is 2.09. The number of alkyl halides is 2. The largest absolute Gasteiger partial charge is 0.487 e. The van der Waals surface area contributed by atoms with Crippen molar-refractivity contribution in [1.29, 1.82) is 0 Å². The van der Waals surface area contributed by atoms with Crippen molar-refractivity contribution in [3.05, 3.63) is 62.8 Å². The number of carbonyl (C=O) groups is 1. The van der Waals surface area contributed by atoms with E-state index in [1.807, 2.05) is 12.1 Å². The van der Waals surface area contributed by atoms with Crippen LogP contribution in [0.3, 0.4) is 0 Å². The third kappa shape index (κ3) is 6.82. The monoisotopic (exact) mass is 558 g/mol. The highest BCUT2D eigenvalue weighted by atomic mass is 35.5. The number of primary amides is 1. The van der Waals surface area contributed by atoms with Crippen LogP contribution in [0.15, 0.2) is 40.8 Å². The number of fused-ring (bicyclic) bond motifs is 1. The van der Waals surface area contributed by atoms with Crippen LogP contribution in [0.2, 0.25) is 15.1 Å². The zero-order valence-electron chi connectivity index (χ0n) is 19.5. The molecule has 5 nitrogen and oxygen atoms in total. The summed E-state index contributed by atoms with van der Waals surface area (Å²) in [4.78, 5) is 13.1. The maximum absolute atomic E-state index is 13.2. The second-order valence-electron chi connectivity index (χ2n) is 9.09. The minimum atomic E-state index is -3.81. The summed E-state index contributed by atoms with van der Waals surface area (Å²) >= 11 is 18.3. The van der Waals surface area contributed by atoms with E-state index in [1.54, 1.807) is 0 Å². The van der Waals surface area contributed by atoms with Crippen LogP contribution in [-0.4, -0.2) is 36.5 Å². The van der Waals surface area contributed by atoms with Gasteiger partial charge in [0.15, 0.2) is 11.5 Å². The zero-order valence-corrected chi connectivity index (χ0v) is 21.8. The quantitative estimate of drug-likeness (QED) is 0.316. The Kier molecular flexibility index (Phi) is 8.66. The predicted octanol–water partition coefficient (Wildman–Crippen LogP) is 7.23. The predicted molar refractivity (Wildman–Crippen MR) is 138 cm³/mol. The van der Waals surface area contributed by atoms with Crippen molar-refractivity contribution >= 4 is 51.7 Å². The van der Waals surface area contributed by atoms with Gasteiger partial charge in [0.1, 0.15) is 5.58 Å². The van der Waals surface area contributed by atoms with Gasteiger partial charge in [-0.3, -0.25) is 4.79 Å². The summed E-state index contributed by atoms with van der Waals surface area (Å²) in [7, 11) is 0. The highest BCUT2D eigenvalue weighted by Crippen LogP contribution is 2.38. The van der Waals surface area contributed by atoms with E-state index in [1.165, 1.54) is 56.2 Å². The fourth-order valence-corrected chi connectivity index (χ4v) is 4.83. The molecule has 1 saturated heterocycles. The molecule has 3 aromatic rings. The number of hydrogen-bond acceptors (Lipinski definition) is 4. The van der Waals surface area contributed by atoms with Gasteiger partial charge in [-0.2, -0.15) is 8.78 Å². The minimum Gasteiger partial charge on any atom is -0.487 e. The number of hydrogen-bond donors (Lipinski definition) is 1. The molecule has 194 valence electrons. The highest BCUT2D eigenvalue weighted by molar-refractivity contribution is 6.37. The Labute approximate surface area is 223 Å². The van der Waals surface area contributed by atoms with Crippen LogP contribution in [0.25, 0.3) is 11.0 Å². The summed E-state index contributed by atoms with van der Waals surface area (Å²) in [6.07, 6.45) is 7.45. The average molecular weight is 560 g/mol. The van der Waals surface area contributed by atoms with Crippen molar-refractivity contribution in [2.45, 2.75) is 50.6 Å². The van der Waals surface area contributed by atoms with Gasteiger partial charge in [0.05, 0.1) is 16.1 Å². The molecule has 2 heterocycles. The first kappa shape index (κ1) is 27.0. The summed E-state index contributed by atoms with van der Waals surface area (Å²) in [6.45, 7) is 3.70. The van der Waals surface area contributed by atoms with Crippen LogP contribution in [0.1, 0.15) is 43.4 Å². The molecule has 1 aliphatic heterocycles. The molecule has 2 aliphatic rings. The first-order valence-corrected chi connectivity index (χ1v) is 13.0. The fourth-order valence-electron chi connectivity index (χ4n) is 4.03. The van der Waals surface area contributed by atoms with E-state index in [0.717, 1.165) is 31.7 Å². The third-order valence-electron chi connectivity index (χ3n) is 6.10.